The molecule has 3 rings (SSSR count). The smallest absolute Gasteiger partial charge is 0.355 e. The van der Waals surface area contributed by atoms with E-state index in [1.807, 2.05) is 11.8 Å². The van der Waals surface area contributed by atoms with Crippen LogP contribution in [0.15, 0.2) is 4.99 Å². The number of guanidine groups is 1. The molecule has 5 nitrogen and oxygen atoms in total. The van der Waals surface area contributed by atoms with E-state index >= 15 is 0 Å². The fourth-order valence-electron chi connectivity index (χ4n) is 4.66. The van der Waals surface area contributed by atoms with Crippen LogP contribution in [0.3, 0.4) is 0 Å². The van der Waals surface area contributed by atoms with Crippen LogP contribution in [0.2, 0.25) is 0 Å². The number of rotatable bonds is 5. The Bertz CT molecular complexity index is 508. The fourth-order valence-corrected chi connectivity index (χ4v) is 5.56. The Labute approximate surface area is 187 Å². The number of halogens is 4. The SMILES string of the molecule is CN=C(NCC1(N2CCSCC2)CCCC1)NC1CCN(CC(F)(F)F)C1.I. The van der Waals surface area contributed by atoms with Gasteiger partial charge in [-0.3, -0.25) is 14.8 Å². The molecule has 0 aromatic heterocycles. The number of aliphatic imine (C=N–C) groups is 1. The van der Waals surface area contributed by atoms with Crippen LogP contribution in [0.1, 0.15) is 32.1 Å². The molecule has 1 unspecified atom stereocenters. The molecule has 2 saturated heterocycles. The fraction of sp³-hybridized carbons (Fsp3) is 0.944. The number of thioether (sulfide) groups is 1. The monoisotopic (exact) mass is 535 g/mol. The summed E-state index contributed by atoms with van der Waals surface area (Å²) in [5, 5.41) is 6.82. The van der Waals surface area contributed by atoms with Crippen molar-refractivity contribution in [3.63, 3.8) is 0 Å². The van der Waals surface area contributed by atoms with Gasteiger partial charge < -0.3 is 10.6 Å². The van der Waals surface area contributed by atoms with Crippen LogP contribution in [-0.2, 0) is 0 Å². The molecule has 2 N–H and O–H groups in total. The molecule has 1 atom stereocenters. The zero-order valence-electron chi connectivity index (χ0n) is 16.6. The van der Waals surface area contributed by atoms with Gasteiger partial charge in [0.2, 0.25) is 0 Å². The Balaban J connectivity index is 0.00000280. The maximum Gasteiger partial charge on any atom is 0.401 e. The molecule has 1 saturated carbocycles. The van der Waals surface area contributed by atoms with E-state index in [4.69, 9.17) is 0 Å². The maximum atomic E-state index is 12.6. The van der Waals surface area contributed by atoms with E-state index < -0.39 is 12.7 Å². The summed E-state index contributed by atoms with van der Waals surface area (Å²) in [6.45, 7) is 3.21. The van der Waals surface area contributed by atoms with Gasteiger partial charge in [-0.05, 0) is 19.3 Å². The first-order chi connectivity index (χ1) is 12.9. The lowest BCUT2D eigenvalue weighted by Crippen LogP contribution is -2.58. The van der Waals surface area contributed by atoms with Crippen molar-refractivity contribution < 1.29 is 13.2 Å². The van der Waals surface area contributed by atoms with Gasteiger partial charge in [0.05, 0.1) is 6.54 Å². The van der Waals surface area contributed by atoms with Crippen molar-refractivity contribution in [2.45, 2.75) is 49.9 Å². The first-order valence-electron chi connectivity index (χ1n) is 9.99. The Hall–Kier alpha value is 0.0600. The molecule has 3 aliphatic rings. The van der Waals surface area contributed by atoms with Crippen LogP contribution in [-0.4, -0.2) is 91.3 Å². The number of hydrogen-bond acceptors (Lipinski definition) is 4. The topological polar surface area (TPSA) is 42.9 Å². The lowest BCUT2D eigenvalue weighted by molar-refractivity contribution is -0.143. The van der Waals surface area contributed by atoms with Crippen LogP contribution in [0.4, 0.5) is 13.2 Å². The van der Waals surface area contributed by atoms with Crippen LogP contribution in [0.5, 0.6) is 0 Å². The van der Waals surface area contributed by atoms with Gasteiger partial charge in [-0.25, -0.2) is 0 Å². The van der Waals surface area contributed by atoms with Crippen molar-refractivity contribution in [3.05, 3.63) is 0 Å². The quantitative estimate of drug-likeness (QED) is 0.322. The van der Waals surface area contributed by atoms with E-state index in [1.165, 1.54) is 42.1 Å². The second-order valence-electron chi connectivity index (χ2n) is 7.94. The highest BCUT2D eigenvalue weighted by molar-refractivity contribution is 14.0. The molecule has 0 spiro atoms. The van der Waals surface area contributed by atoms with E-state index in [1.54, 1.807) is 7.05 Å². The summed E-state index contributed by atoms with van der Waals surface area (Å²) in [7, 11) is 1.73. The highest BCUT2D eigenvalue weighted by atomic mass is 127. The van der Waals surface area contributed by atoms with Gasteiger partial charge in [0, 0.05) is 62.9 Å². The minimum absolute atomic E-state index is 0. The lowest BCUT2D eigenvalue weighted by Gasteiger charge is -2.43. The van der Waals surface area contributed by atoms with Gasteiger partial charge >= 0.3 is 6.18 Å². The number of alkyl halides is 3. The average molecular weight is 535 g/mol. The molecular formula is C18H33F3IN5S. The first-order valence-corrected chi connectivity index (χ1v) is 11.1. The van der Waals surface area contributed by atoms with E-state index in [0.29, 0.717) is 25.5 Å². The van der Waals surface area contributed by atoms with Crippen molar-refractivity contribution in [3.8, 4) is 0 Å². The third kappa shape index (κ3) is 6.80. The van der Waals surface area contributed by atoms with Gasteiger partial charge in [-0.15, -0.1) is 24.0 Å². The standard InChI is InChI=1S/C18H32F3N5S.HI/c1-22-16(24-15-4-7-25(12-15)14-18(19,20)21)23-13-17(5-2-3-6-17)26-8-10-27-11-9-26;/h15H,2-14H2,1H3,(H2,22,23,24);1H. The molecule has 164 valence electrons. The second kappa shape index (κ2) is 10.9. The molecule has 2 heterocycles. The van der Waals surface area contributed by atoms with Crippen molar-refractivity contribution >= 4 is 41.7 Å². The van der Waals surface area contributed by atoms with E-state index in [2.05, 4.69) is 20.5 Å². The highest BCUT2D eigenvalue weighted by Gasteiger charge is 2.40. The van der Waals surface area contributed by atoms with E-state index in [0.717, 1.165) is 19.6 Å². The third-order valence-corrected chi connectivity index (χ3v) is 6.98. The molecule has 1 aliphatic carbocycles. The summed E-state index contributed by atoms with van der Waals surface area (Å²) < 4.78 is 37.7. The summed E-state index contributed by atoms with van der Waals surface area (Å²) in [4.78, 5) is 8.44. The van der Waals surface area contributed by atoms with E-state index in [-0.39, 0.29) is 35.6 Å². The largest absolute Gasteiger partial charge is 0.401 e. The number of likely N-dealkylation sites (tertiary alicyclic amines) is 1. The van der Waals surface area contributed by atoms with Crippen molar-refractivity contribution in [1.82, 2.24) is 20.4 Å². The molecule has 0 bridgehead atoms. The molecule has 10 heteroatoms. The Morgan fingerprint density at radius 2 is 1.86 bits per heavy atom. The van der Waals surface area contributed by atoms with Crippen LogP contribution in [0.25, 0.3) is 0 Å². The zero-order valence-corrected chi connectivity index (χ0v) is 19.7. The van der Waals surface area contributed by atoms with Crippen molar-refractivity contribution in [2.24, 2.45) is 4.99 Å². The third-order valence-electron chi connectivity index (χ3n) is 6.04. The molecule has 0 radical (unpaired) electrons. The van der Waals surface area contributed by atoms with Gasteiger partial charge in [-0.1, -0.05) is 12.8 Å². The molecule has 0 amide bonds. The van der Waals surface area contributed by atoms with Gasteiger partial charge in [0.25, 0.3) is 0 Å². The summed E-state index contributed by atoms with van der Waals surface area (Å²) in [5.74, 6) is 3.11. The minimum Gasteiger partial charge on any atom is -0.355 e. The first kappa shape index (κ1) is 24.3. The summed E-state index contributed by atoms with van der Waals surface area (Å²) in [6, 6.07) is 0.0180. The van der Waals surface area contributed by atoms with E-state index in [9.17, 15) is 13.2 Å². The predicted octanol–water partition coefficient (Wildman–Crippen LogP) is 2.77. The van der Waals surface area contributed by atoms with Crippen molar-refractivity contribution in [1.29, 1.82) is 0 Å². The molecule has 2 aliphatic heterocycles. The predicted molar refractivity (Wildman–Crippen MR) is 121 cm³/mol. The maximum absolute atomic E-state index is 12.6. The molecule has 0 aromatic rings. The van der Waals surface area contributed by atoms with Crippen molar-refractivity contribution in [2.75, 3.05) is 57.8 Å². The highest BCUT2D eigenvalue weighted by Crippen LogP contribution is 2.36. The summed E-state index contributed by atoms with van der Waals surface area (Å²) in [6.07, 6.45) is 1.55. The normalized spacial score (nSPS) is 26.9. The van der Waals surface area contributed by atoms with Crippen LogP contribution >= 0.6 is 35.7 Å². The Morgan fingerprint density at radius 1 is 1.18 bits per heavy atom. The van der Waals surface area contributed by atoms with Gasteiger partial charge in [-0.2, -0.15) is 24.9 Å². The average Bonchev–Trinajstić information content (AvgIpc) is 3.28. The minimum atomic E-state index is -4.13. The summed E-state index contributed by atoms with van der Waals surface area (Å²) in [5.41, 5.74) is 0.205. The molecular weight excluding hydrogens is 502 g/mol. The number of nitrogens with one attached hydrogen (secondary N) is 2. The molecule has 0 aromatic carbocycles. The van der Waals surface area contributed by atoms with Gasteiger partial charge in [0.1, 0.15) is 0 Å². The number of nitrogens with zero attached hydrogens (tertiary/aromatic N) is 3. The Morgan fingerprint density at radius 3 is 2.46 bits per heavy atom. The Kier molecular flexibility index (Phi) is 9.47. The number of hydrogen-bond donors (Lipinski definition) is 2. The summed E-state index contributed by atoms with van der Waals surface area (Å²) >= 11 is 2.03. The van der Waals surface area contributed by atoms with Crippen LogP contribution in [0, 0.1) is 0 Å². The van der Waals surface area contributed by atoms with Crippen LogP contribution < -0.4 is 10.6 Å². The lowest BCUT2D eigenvalue weighted by atomic mass is 9.94. The zero-order chi connectivity index (χ0) is 19.3. The molecule has 28 heavy (non-hydrogen) atoms. The molecule has 3 fully saturated rings. The second-order valence-corrected chi connectivity index (χ2v) is 9.16. The van der Waals surface area contributed by atoms with Gasteiger partial charge in [0.15, 0.2) is 5.96 Å².